The van der Waals surface area contributed by atoms with Gasteiger partial charge in [0.1, 0.15) is 0 Å². The lowest BCUT2D eigenvalue weighted by molar-refractivity contribution is 0.103. The van der Waals surface area contributed by atoms with Gasteiger partial charge in [0, 0.05) is 25.3 Å². The number of hydrogen-bond acceptors (Lipinski definition) is 3. The SMILES string of the molecule is Cn1c(=O)n(C)c2cc(NC(=O)c3sccc3-c3ccccc3)ccc21. The van der Waals surface area contributed by atoms with Crippen LogP contribution < -0.4 is 11.0 Å². The minimum Gasteiger partial charge on any atom is -0.321 e. The fourth-order valence-electron chi connectivity index (χ4n) is 3.10. The van der Waals surface area contributed by atoms with Gasteiger partial charge in [0.15, 0.2) is 0 Å². The van der Waals surface area contributed by atoms with Crippen molar-refractivity contribution in [1.29, 1.82) is 0 Å². The standard InChI is InChI=1S/C20H17N3O2S/c1-22-16-9-8-14(12-17(16)23(2)20(22)25)21-19(24)18-15(10-11-26-18)13-6-4-3-5-7-13/h3-12H,1-2H3,(H,21,24). The Kier molecular flexibility index (Phi) is 3.97. The molecule has 1 amide bonds. The Bertz CT molecular complexity index is 1170. The average molecular weight is 363 g/mol. The van der Waals surface area contributed by atoms with Crippen LogP contribution >= 0.6 is 11.3 Å². The van der Waals surface area contributed by atoms with Gasteiger partial charge in [-0.3, -0.25) is 13.9 Å². The predicted octanol–water partition coefficient (Wildman–Crippen LogP) is 3.86. The molecule has 0 saturated heterocycles. The molecule has 2 aromatic heterocycles. The largest absolute Gasteiger partial charge is 0.328 e. The molecule has 0 aliphatic heterocycles. The van der Waals surface area contributed by atoms with Crippen LogP contribution in [0.25, 0.3) is 22.2 Å². The Morgan fingerprint density at radius 1 is 0.962 bits per heavy atom. The van der Waals surface area contributed by atoms with E-state index in [1.807, 2.05) is 60.0 Å². The molecule has 0 aliphatic rings. The first-order valence-corrected chi connectivity index (χ1v) is 9.04. The third-order valence-electron chi connectivity index (χ3n) is 4.49. The Morgan fingerprint density at radius 2 is 1.69 bits per heavy atom. The Labute approximate surface area is 154 Å². The van der Waals surface area contributed by atoms with Crippen molar-refractivity contribution in [3.63, 3.8) is 0 Å². The molecule has 0 atom stereocenters. The highest BCUT2D eigenvalue weighted by atomic mass is 32.1. The minimum atomic E-state index is -0.154. The maximum Gasteiger partial charge on any atom is 0.328 e. The lowest BCUT2D eigenvalue weighted by Gasteiger charge is -2.07. The van der Waals surface area contributed by atoms with Crippen molar-refractivity contribution in [2.75, 3.05) is 5.32 Å². The van der Waals surface area contributed by atoms with Crippen LogP contribution in [0.1, 0.15) is 9.67 Å². The maximum atomic E-state index is 12.8. The molecular formula is C20H17N3O2S. The number of carbonyl (C=O) groups is 1. The summed E-state index contributed by atoms with van der Waals surface area (Å²) in [4.78, 5) is 25.5. The zero-order valence-corrected chi connectivity index (χ0v) is 15.2. The van der Waals surface area contributed by atoms with Crippen LogP contribution in [0.2, 0.25) is 0 Å². The van der Waals surface area contributed by atoms with E-state index in [0.29, 0.717) is 10.6 Å². The quantitative estimate of drug-likeness (QED) is 0.601. The lowest BCUT2D eigenvalue weighted by atomic mass is 10.1. The minimum absolute atomic E-state index is 0.0897. The van der Waals surface area contributed by atoms with Gasteiger partial charge in [0.2, 0.25) is 0 Å². The van der Waals surface area contributed by atoms with E-state index in [2.05, 4.69) is 5.32 Å². The number of imidazole rings is 1. The number of carbonyl (C=O) groups excluding carboxylic acids is 1. The number of benzene rings is 2. The van der Waals surface area contributed by atoms with E-state index >= 15 is 0 Å². The van der Waals surface area contributed by atoms with E-state index < -0.39 is 0 Å². The van der Waals surface area contributed by atoms with Crippen molar-refractivity contribution in [3.8, 4) is 11.1 Å². The molecule has 26 heavy (non-hydrogen) atoms. The molecule has 4 rings (SSSR count). The zero-order chi connectivity index (χ0) is 18.3. The number of aromatic nitrogens is 2. The summed E-state index contributed by atoms with van der Waals surface area (Å²) in [5.41, 5.74) is 4.12. The number of nitrogens with one attached hydrogen (secondary N) is 1. The first-order chi connectivity index (χ1) is 12.6. The fourth-order valence-corrected chi connectivity index (χ4v) is 3.91. The summed E-state index contributed by atoms with van der Waals surface area (Å²) in [5.74, 6) is -0.154. The first kappa shape index (κ1) is 16.4. The molecule has 1 N–H and O–H groups in total. The summed E-state index contributed by atoms with van der Waals surface area (Å²) in [5, 5.41) is 4.87. The highest BCUT2D eigenvalue weighted by Gasteiger charge is 2.16. The molecule has 0 spiro atoms. The molecule has 2 aromatic carbocycles. The Balaban J connectivity index is 1.68. The second-order valence-electron chi connectivity index (χ2n) is 6.09. The molecule has 0 aliphatic carbocycles. The van der Waals surface area contributed by atoms with Crippen LogP contribution in [0, 0.1) is 0 Å². The van der Waals surface area contributed by atoms with E-state index in [1.165, 1.54) is 11.3 Å². The molecule has 6 heteroatoms. The second kappa shape index (κ2) is 6.31. The number of nitrogens with zero attached hydrogens (tertiary/aromatic N) is 2. The number of aryl methyl sites for hydroxylation is 2. The van der Waals surface area contributed by atoms with E-state index in [9.17, 15) is 9.59 Å². The van der Waals surface area contributed by atoms with E-state index in [4.69, 9.17) is 0 Å². The van der Waals surface area contributed by atoms with Crippen molar-refractivity contribution in [3.05, 3.63) is 75.3 Å². The smallest absolute Gasteiger partial charge is 0.321 e. The van der Waals surface area contributed by atoms with Crippen LogP contribution in [0.4, 0.5) is 5.69 Å². The van der Waals surface area contributed by atoms with Crippen LogP contribution in [-0.2, 0) is 14.1 Å². The third kappa shape index (κ3) is 2.64. The molecule has 4 aromatic rings. The number of rotatable bonds is 3. The molecule has 5 nitrogen and oxygen atoms in total. The summed E-state index contributed by atoms with van der Waals surface area (Å²) in [6.45, 7) is 0. The molecule has 0 saturated carbocycles. The van der Waals surface area contributed by atoms with Gasteiger partial charge in [0.25, 0.3) is 5.91 Å². The van der Waals surface area contributed by atoms with Crippen LogP contribution in [-0.4, -0.2) is 15.0 Å². The number of hydrogen-bond donors (Lipinski definition) is 1. The van der Waals surface area contributed by atoms with Crippen molar-refractivity contribution < 1.29 is 4.79 Å². The van der Waals surface area contributed by atoms with Crippen molar-refractivity contribution in [1.82, 2.24) is 9.13 Å². The summed E-state index contributed by atoms with van der Waals surface area (Å²) in [7, 11) is 3.46. The second-order valence-corrected chi connectivity index (χ2v) is 7.00. The number of thiophene rings is 1. The highest BCUT2D eigenvalue weighted by molar-refractivity contribution is 7.12. The van der Waals surface area contributed by atoms with Crippen molar-refractivity contribution >= 4 is 34.0 Å². The van der Waals surface area contributed by atoms with E-state index in [0.717, 1.165) is 22.2 Å². The van der Waals surface area contributed by atoms with Gasteiger partial charge >= 0.3 is 5.69 Å². The molecular weight excluding hydrogens is 346 g/mol. The van der Waals surface area contributed by atoms with Crippen molar-refractivity contribution in [2.45, 2.75) is 0 Å². The molecule has 2 heterocycles. The molecule has 0 fully saturated rings. The summed E-state index contributed by atoms with van der Waals surface area (Å²) in [6, 6.07) is 17.3. The normalized spacial score (nSPS) is 11.0. The lowest BCUT2D eigenvalue weighted by Crippen LogP contribution is -2.19. The summed E-state index contributed by atoms with van der Waals surface area (Å²) < 4.78 is 3.17. The first-order valence-electron chi connectivity index (χ1n) is 8.16. The van der Waals surface area contributed by atoms with Gasteiger partial charge in [-0.05, 0) is 35.2 Å². The Hall–Kier alpha value is -3.12. The fraction of sp³-hybridized carbons (Fsp3) is 0.100. The summed E-state index contributed by atoms with van der Waals surface area (Å²) >= 11 is 1.41. The molecule has 0 bridgehead atoms. The number of anilines is 1. The van der Waals surface area contributed by atoms with Gasteiger partial charge in [-0.25, -0.2) is 4.79 Å². The zero-order valence-electron chi connectivity index (χ0n) is 14.4. The van der Waals surface area contributed by atoms with Gasteiger partial charge in [-0.1, -0.05) is 30.3 Å². The number of fused-ring (bicyclic) bond motifs is 1. The Morgan fingerprint density at radius 3 is 2.46 bits per heavy atom. The monoisotopic (exact) mass is 363 g/mol. The predicted molar refractivity (Wildman–Crippen MR) is 106 cm³/mol. The van der Waals surface area contributed by atoms with Gasteiger partial charge in [0.05, 0.1) is 15.9 Å². The van der Waals surface area contributed by atoms with Gasteiger partial charge < -0.3 is 5.32 Å². The molecule has 0 unspecified atom stereocenters. The van der Waals surface area contributed by atoms with Crippen LogP contribution in [0.15, 0.2) is 64.8 Å². The average Bonchev–Trinajstić information content (AvgIpc) is 3.23. The number of amides is 1. The summed E-state index contributed by atoms with van der Waals surface area (Å²) in [6.07, 6.45) is 0. The highest BCUT2D eigenvalue weighted by Crippen LogP contribution is 2.29. The maximum absolute atomic E-state index is 12.8. The van der Waals surface area contributed by atoms with Crippen LogP contribution in [0.3, 0.4) is 0 Å². The van der Waals surface area contributed by atoms with E-state index in [-0.39, 0.29) is 11.6 Å². The molecule has 0 radical (unpaired) electrons. The topological polar surface area (TPSA) is 56.0 Å². The van der Waals surface area contributed by atoms with Gasteiger partial charge in [-0.15, -0.1) is 11.3 Å². The third-order valence-corrected chi connectivity index (χ3v) is 5.40. The van der Waals surface area contributed by atoms with Crippen LogP contribution in [0.5, 0.6) is 0 Å². The molecule has 130 valence electrons. The van der Waals surface area contributed by atoms with Gasteiger partial charge in [-0.2, -0.15) is 0 Å². The van der Waals surface area contributed by atoms with E-state index in [1.54, 1.807) is 23.2 Å². The van der Waals surface area contributed by atoms with Crippen molar-refractivity contribution in [2.24, 2.45) is 14.1 Å².